The van der Waals surface area contributed by atoms with Gasteiger partial charge in [0.1, 0.15) is 0 Å². The summed E-state index contributed by atoms with van der Waals surface area (Å²) in [5, 5.41) is 7.64. The summed E-state index contributed by atoms with van der Waals surface area (Å²) in [6.07, 6.45) is -22.5. The molecule has 0 fully saturated rings. The van der Waals surface area contributed by atoms with Crippen molar-refractivity contribution in [1.82, 2.24) is 0 Å². The van der Waals surface area contributed by atoms with E-state index in [0.717, 1.165) is 0 Å². The predicted molar refractivity (Wildman–Crippen MR) is 72.4 cm³/mol. The Bertz CT molecular complexity index is 888. The summed E-state index contributed by atoms with van der Waals surface area (Å²) in [6.45, 7) is 0. The molecule has 1 nitrogen and oxygen atoms in total. The number of aliphatic hydroxyl groups excluding tert-OH is 1. The first-order chi connectivity index (χ1) is 17.0. The molecule has 3 atom stereocenters. The van der Waals surface area contributed by atoms with Gasteiger partial charge in [0.2, 0.25) is 6.17 Å². The van der Waals surface area contributed by atoms with E-state index in [1.165, 1.54) is 0 Å². The van der Waals surface area contributed by atoms with E-state index in [0.29, 0.717) is 0 Å². The lowest BCUT2D eigenvalue weighted by molar-refractivity contribution is -0.473. The van der Waals surface area contributed by atoms with Crippen LogP contribution in [0.2, 0.25) is 0 Å². The van der Waals surface area contributed by atoms with E-state index < -0.39 is 84.4 Å². The molecule has 0 radical (unpaired) electrons. The average Bonchev–Trinajstić information content (AvgIpc) is 2.76. The lowest BCUT2D eigenvalue weighted by Crippen LogP contribution is -2.77. The van der Waals surface area contributed by atoms with Gasteiger partial charge in [-0.15, -0.1) is 0 Å². The summed E-state index contributed by atoms with van der Waals surface area (Å²) in [5.74, 6) is -89.4. The van der Waals surface area contributed by atoms with Crippen LogP contribution in [0.3, 0.4) is 0 Å². The van der Waals surface area contributed by atoms with Gasteiger partial charge in [-0.05, 0) is 0 Å². The molecule has 0 amide bonds. The maximum atomic E-state index is 13.5. The zero-order valence-electron chi connectivity index (χ0n) is 17.2. The maximum Gasteiger partial charge on any atom is 0.385 e. The first-order valence-corrected chi connectivity index (χ1v) is 8.62. The maximum absolute atomic E-state index is 13.5. The standard InChI is InChI=1S/C14H5F25O/c15-1(3(17)18)2(16)5(20,21)7(24,25)9(28,29)11(32,33)13(36,37)14(38,39)12(34,35)10(30,31)8(26,27)6(22,23)4(19)40/h1-4,40H. The molecule has 0 bridgehead atoms. The summed E-state index contributed by atoms with van der Waals surface area (Å²) in [4.78, 5) is 0. The van der Waals surface area contributed by atoms with Crippen molar-refractivity contribution in [3.63, 3.8) is 0 Å². The number of halogens is 25. The first kappa shape index (κ1) is 38.2. The SMILES string of the molecule is OC(F)C(F)(F)C(F)(F)C(F)(F)C(F)(F)C(F)(F)C(F)(F)C(F)(F)C(F)(F)C(F)(F)C(F)(F)C(F)C(F)C(F)F. The molecule has 0 spiro atoms. The first-order valence-electron chi connectivity index (χ1n) is 8.62. The zero-order chi connectivity index (χ0) is 33.3. The molecular weight excluding hydrogens is 659 g/mol. The van der Waals surface area contributed by atoms with Gasteiger partial charge in [0.15, 0.2) is 6.17 Å². The van der Waals surface area contributed by atoms with Gasteiger partial charge < -0.3 is 5.11 Å². The van der Waals surface area contributed by atoms with E-state index in [4.69, 9.17) is 5.11 Å². The van der Waals surface area contributed by atoms with E-state index in [-0.39, 0.29) is 0 Å². The molecule has 3 unspecified atom stereocenters. The summed E-state index contributed by atoms with van der Waals surface area (Å²) in [6, 6.07) is 0. The van der Waals surface area contributed by atoms with Crippen LogP contribution in [0.15, 0.2) is 0 Å². The van der Waals surface area contributed by atoms with E-state index in [1.807, 2.05) is 0 Å². The summed E-state index contributed by atoms with van der Waals surface area (Å²) in [5.41, 5.74) is 0. The molecule has 40 heavy (non-hydrogen) atoms. The van der Waals surface area contributed by atoms with Crippen molar-refractivity contribution in [1.29, 1.82) is 0 Å². The highest BCUT2D eigenvalue weighted by molar-refractivity contribution is 5.19. The molecule has 0 aromatic rings. The fraction of sp³-hybridized carbons (Fsp3) is 1.00. The fourth-order valence-corrected chi connectivity index (χ4v) is 2.25. The third-order valence-corrected chi connectivity index (χ3v) is 4.76. The molecule has 0 aliphatic heterocycles. The summed E-state index contributed by atoms with van der Waals surface area (Å²) >= 11 is 0. The molecule has 0 aromatic heterocycles. The second kappa shape index (κ2) is 9.90. The Balaban J connectivity index is 7.20. The summed E-state index contributed by atoms with van der Waals surface area (Å²) in [7, 11) is 0. The average molecular weight is 664 g/mol. The summed E-state index contributed by atoms with van der Waals surface area (Å²) < 4.78 is 328. The molecule has 1 N–H and O–H groups in total. The van der Waals surface area contributed by atoms with E-state index in [2.05, 4.69) is 0 Å². The Labute approximate surface area is 200 Å². The Kier molecular flexibility index (Phi) is 9.45. The van der Waals surface area contributed by atoms with Crippen LogP contribution in [0.5, 0.6) is 0 Å². The van der Waals surface area contributed by atoms with Gasteiger partial charge >= 0.3 is 59.2 Å². The van der Waals surface area contributed by atoms with Gasteiger partial charge in [0.25, 0.3) is 12.8 Å². The van der Waals surface area contributed by atoms with Crippen molar-refractivity contribution in [3.05, 3.63) is 0 Å². The monoisotopic (exact) mass is 664 g/mol. The largest absolute Gasteiger partial charge is 0.385 e. The third-order valence-electron chi connectivity index (χ3n) is 4.76. The van der Waals surface area contributed by atoms with Gasteiger partial charge in [-0.3, -0.25) is 0 Å². The van der Waals surface area contributed by atoms with Crippen molar-refractivity contribution in [2.75, 3.05) is 0 Å². The highest BCUT2D eigenvalue weighted by atomic mass is 19.4. The van der Waals surface area contributed by atoms with Gasteiger partial charge in [-0.2, -0.15) is 87.8 Å². The number of hydrogen-bond acceptors (Lipinski definition) is 1. The zero-order valence-corrected chi connectivity index (χ0v) is 17.2. The second-order valence-corrected chi connectivity index (χ2v) is 7.36. The lowest BCUT2D eigenvalue weighted by atomic mass is 9.84. The molecule has 0 aromatic carbocycles. The van der Waals surface area contributed by atoms with Crippen LogP contribution in [0.1, 0.15) is 0 Å². The van der Waals surface area contributed by atoms with Gasteiger partial charge in [-0.25, -0.2) is 22.0 Å². The molecule has 0 rings (SSSR count). The quantitative estimate of drug-likeness (QED) is 0.202. The van der Waals surface area contributed by atoms with Crippen molar-refractivity contribution in [2.45, 2.75) is 84.4 Å². The van der Waals surface area contributed by atoms with Crippen molar-refractivity contribution in [2.24, 2.45) is 0 Å². The van der Waals surface area contributed by atoms with E-state index in [9.17, 15) is 110 Å². The van der Waals surface area contributed by atoms with Crippen LogP contribution in [0.25, 0.3) is 0 Å². The van der Waals surface area contributed by atoms with Crippen LogP contribution in [0, 0.1) is 0 Å². The topological polar surface area (TPSA) is 20.2 Å². The minimum absolute atomic E-state index is 5.22. The smallest absolute Gasteiger partial charge is 0.359 e. The Hall–Kier alpha value is -1.79. The van der Waals surface area contributed by atoms with Crippen LogP contribution >= 0.6 is 0 Å². The number of alkyl halides is 25. The Morgan fingerprint density at radius 1 is 0.325 bits per heavy atom. The molecule has 0 saturated carbocycles. The highest BCUT2D eigenvalue weighted by Crippen LogP contribution is 2.66. The molecule has 0 saturated heterocycles. The Morgan fingerprint density at radius 3 is 0.725 bits per heavy atom. The lowest BCUT2D eigenvalue weighted by Gasteiger charge is -2.45. The van der Waals surface area contributed by atoms with Crippen LogP contribution in [-0.4, -0.2) is 89.5 Å². The van der Waals surface area contributed by atoms with Gasteiger partial charge in [0.05, 0.1) is 0 Å². The molecular formula is C14H5F25O. The number of rotatable bonds is 13. The third kappa shape index (κ3) is 4.56. The van der Waals surface area contributed by atoms with Crippen LogP contribution in [-0.2, 0) is 0 Å². The highest BCUT2D eigenvalue weighted by Gasteiger charge is 2.98. The second-order valence-electron chi connectivity index (χ2n) is 7.36. The number of aliphatic hydroxyl groups is 1. The van der Waals surface area contributed by atoms with Crippen molar-refractivity contribution < 1.29 is 115 Å². The van der Waals surface area contributed by atoms with Crippen molar-refractivity contribution >= 4 is 0 Å². The molecule has 0 heterocycles. The Morgan fingerprint density at radius 2 is 0.525 bits per heavy atom. The fourth-order valence-electron chi connectivity index (χ4n) is 2.25. The van der Waals surface area contributed by atoms with Crippen LogP contribution in [0.4, 0.5) is 110 Å². The normalized spacial score (nSPS) is 18.7. The van der Waals surface area contributed by atoms with Crippen LogP contribution < -0.4 is 0 Å². The van der Waals surface area contributed by atoms with Gasteiger partial charge in [-0.1, -0.05) is 0 Å². The van der Waals surface area contributed by atoms with E-state index in [1.54, 1.807) is 0 Å². The minimum atomic E-state index is -9.51. The predicted octanol–water partition coefficient (Wildman–Crippen LogP) is 7.57. The molecule has 26 heteroatoms. The molecule has 0 aliphatic rings. The molecule has 0 aliphatic carbocycles. The molecule has 242 valence electrons. The van der Waals surface area contributed by atoms with Gasteiger partial charge in [0, 0.05) is 0 Å². The minimum Gasteiger partial charge on any atom is -0.359 e. The van der Waals surface area contributed by atoms with Crippen molar-refractivity contribution in [3.8, 4) is 0 Å². The van der Waals surface area contributed by atoms with E-state index >= 15 is 0 Å². The number of hydrogen-bond donors (Lipinski definition) is 1.